The molecule has 0 fully saturated rings. The summed E-state index contributed by atoms with van der Waals surface area (Å²) in [5.74, 6) is 0.635. The van der Waals surface area contributed by atoms with Gasteiger partial charge in [-0.2, -0.15) is 4.99 Å². The number of carbonyl (C=O) groups is 1. The van der Waals surface area contributed by atoms with E-state index >= 15 is 0 Å². The molecule has 26 heavy (non-hydrogen) atoms. The number of ether oxygens (including phenoxy) is 2. The number of nitrogens with zero attached hydrogens (tertiary/aromatic N) is 3. The topological polar surface area (TPSA) is 96.0 Å². The van der Waals surface area contributed by atoms with Crippen LogP contribution in [0.4, 0.5) is 5.69 Å². The summed E-state index contributed by atoms with van der Waals surface area (Å²) in [7, 11) is 1.71. The second-order valence-corrected chi connectivity index (χ2v) is 6.68. The maximum absolute atomic E-state index is 12.5. The van der Waals surface area contributed by atoms with Crippen molar-refractivity contribution in [1.82, 2.24) is 4.57 Å². The van der Waals surface area contributed by atoms with Crippen LogP contribution >= 0.6 is 11.3 Å². The Labute approximate surface area is 151 Å². The van der Waals surface area contributed by atoms with Crippen LogP contribution < -0.4 is 14.3 Å². The van der Waals surface area contributed by atoms with E-state index in [9.17, 15) is 14.9 Å². The number of carbonyl (C=O) groups excluding carboxylic acids is 1. The van der Waals surface area contributed by atoms with Crippen LogP contribution in [0.25, 0.3) is 10.2 Å². The van der Waals surface area contributed by atoms with Crippen LogP contribution in [0.15, 0.2) is 47.5 Å². The third kappa shape index (κ3) is 2.82. The van der Waals surface area contributed by atoms with Crippen LogP contribution in [-0.2, 0) is 11.8 Å². The van der Waals surface area contributed by atoms with Gasteiger partial charge in [0, 0.05) is 19.2 Å². The van der Waals surface area contributed by atoms with Crippen molar-refractivity contribution in [1.29, 1.82) is 0 Å². The smallest absolute Gasteiger partial charge is 0.292 e. The van der Waals surface area contributed by atoms with Gasteiger partial charge in [0.25, 0.3) is 11.6 Å². The highest BCUT2D eigenvalue weighted by atomic mass is 32.1. The summed E-state index contributed by atoms with van der Waals surface area (Å²) in [4.78, 5) is 27.6. The lowest BCUT2D eigenvalue weighted by molar-refractivity contribution is -0.384. The third-order valence-electron chi connectivity index (χ3n) is 3.99. The number of amides is 1. The number of nitro benzene ring substituents is 1. The number of rotatable bonds is 2. The number of fused-ring (bicyclic) bond motifs is 2. The van der Waals surface area contributed by atoms with E-state index in [4.69, 9.17) is 9.47 Å². The molecule has 0 radical (unpaired) electrons. The van der Waals surface area contributed by atoms with E-state index in [0.717, 1.165) is 4.70 Å². The Balaban J connectivity index is 1.67. The number of para-hydroxylation sites is 2. The molecule has 2 heterocycles. The number of non-ortho nitro benzene ring substituents is 1. The van der Waals surface area contributed by atoms with Crippen LogP contribution in [0.2, 0.25) is 0 Å². The zero-order valence-corrected chi connectivity index (χ0v) is 14.4. The van der Waals surface area contributed by atoms with Crippen LogP contribution in [0, 0.1) is 10.1 Å². The molecule has 0 bridgehead atoms. The molecule has 3 aromatic rings. The van der Waals surface area contributed by atoms with Gasteiger partial charge < -0.3 is 14.0 Å². The second kappa shape index (κ2) is 6.26. The van der Waals surface area contributed by atoms with Crippen molar-refractivity contribution >= 4 is 33.1 Å². The predicted octanol–water partition coefficient (Wildman–Crippen LogP) is 2.42. The molecular formula is C17H13N3O5S. The standard InChI is InChI=1S/C17H13N3O5S/c1-19-11-8-10(20(22)23)6-7-15(11)26-17(19)18-16(21)14-9-24-12-4-2-3-5-13(12)25-14/h2-8,14H,9H2,1H3. The van der Waals surface area contributed by atoms with Gasteiger partial charge in [0.2, 0.25) is 6.10 Å². The molecule has 1 atom stereocenters. The van der Waals surface area contributed by atoms with E-state index in [1.807, 2.05) is 6.07 Å². The normalized spacial score (nSPS) is 16.7. The molecule has 1 aliphatic heterocycles. The van der Waals surface area contributed by atoms with Crippen molar-refractivity contribution in [3.8, 4) is 11.5 Å². The maximum atomic E-state index is 12.5. The number of benzene rings is 2. The van der Waals surface area contributed by atoms with Crippen LogP contribution in [-0.4, -0.2) is 28.1 Å². The summed E-state index contributed by atoms with van der Waals surface area (Å²) in [6.07, 6.45) is -0.829. The molecule has 1 unspecified atom stereocenters. The summed E-state index contributed by atoms with van der Waals surface area (Å²) in [5.41, 5.74) is 0.631. The van der Waals surface area contributed by atoms with E-state index < -0.39 is 16.9 Å². The fourth-order valence-electron chi connectivity index (χ4n) is 2.64. The number of nitro groups is 1. The fraction of sp³-hybridized carbons (Fsp3) is 0.176. The van der Waals surface area contributed by atoms with Gasteiger partial charge in [0.15, 0.2) is 16.3 Å². The lowest BCUT2D eigenvalue weighted by atomic mass is 10.2. The van der Waals surface area contributed by atoms with Crippen molar-refractivity contribution in [3.05, 3.63) is 57.4 Å². The van der Waals surface area contributed by atoms with Crippen molar-refractivity contribution < 1.29 is 19.2 Å². The Morgan fingerprint density at radius 1 is 1.31 bits per heavy atom. The Bertz CT molecular complexity index is 1100. The largest absolute Gasteiger partial charge is 0.485 e. The van der Waals surface area contributed by atoms with E-state index in [1.165, 1.54) is 23.5 Å². The third-order valence-corrected chi connectivity index (χ3v) is 5.11. The van der Waals surface area contributed by atoms with Crippen molar-refractivity contribution in [2.24, 2.45) is 12.0 Å². The quantitative estimate of drug-likeness (QED) is 0.509. The van der Waals surface area contributed by atoms with Crippen LogP contribution in [0.5, 0.6) is 11.5 Å². The van der Waals surface area contributed by atoms with Gasteiger partial charge in [-0.05, 0) is 18.2 Å². The molecule has 0 N–H and O–H groups in total. The highest BCUT2D eigenvalue weighted by molar-refractivity contribution is 7.16. The zero-order chi connectivity index (χ0) is 18.3. The van der Waals surface area contributed by atoms with Gasteiger partial charge in [-0.25, -0.2) is 0 Å². The first-order chi connectivity index (χ1) is 12.5. The Kier molecular flexibility index (Phi) is 3.92. The molecule has 2 aromatic carbocycles. The first-order valence-corrected chi connectivity index (χ1v) is 8.55. The molecular weight excluding hydrogens is 358 g/mol. The number of hydrogen-bond donors (Lipinski definition) is 0. The molecule has 8 nitrogen and oxygen atoms in total. The van der Waals surface area contributed by atoms with E-state index in [1.54, 1.807) is 35.9 Å². The van der Waals surface area contributed by atoms with Crippen LogP contribution in [0.1, 0.15) is 0 Å². The fourth-order valence-corrected chi connectivity index (χ4v) is 3.65. The molecule has 1 aromatic heterocycles. The molecule has 4 rings (SSSR count). The van der Waals surface area contributed by atoms with Crippen molar-refractivity contribution in [2.45, 2.75) is 6.10 Å². The van der Waals surface area contributed by atoms with E-state index in [0.29, 0.717) is 21.8 Å². The zero-order valence-electron chi connectivity index (χ0n) is 13.6. The Morgan fingerprint density at radius 3 is 2.85 bits per heavy atom. The summed E-state index contributed by atoms with van der Waals surface area (Å²) < 4.78 is 13.7. The highest BCUT2D eigenvalue weighted by Crippen LogP contribution is 2.31. The predicted molar refractivity (Wildman–Crippen MR) is 94.4 cm³/mol. The van der Waals surface area contributed by atoms with Gasteiger partial charge in [-0.1, -0.05) is 23.5 Å². The maximum Gasteiger partial charge on any atom is 0.292 e. The average molecular weight is 371 g/mol. The first-order valence-electron chi connectivity index (χ1n) is 7.74. The summed E-state index contributed by atoms with van der Waals surface area (Å²) in [5, 5.41) is 10.9. The van der Waals surface area contributed by atoms with Crippen molar-refractivity contribution in [2.75, 3.05) is 6.61 Å². The molecule has 0 spiro atoms. The summed E-state index contributed by atoms with van der Waals surface area (Å²) in [6.45, 7) is 0.0828. The summed E-state index contributed by atoms with van der Waals surface area (Å²) >= 11 is 1.28. The number of hydrogen-bond acceptors (Lipinski definition) is 6. The minimum Gasteiger partial charge on any atom is -0.485 e. The first kappa shape index (κ1) is 16.3. The van der Waals surface area contributed by atoms with Gasteiger partial charge in [0.1, 0.15) is 6.61 Å². The Morgan fingerprint density at radius 2 is 2.08 bits per heavy atom. The van der Waals surface area contributed by atoms with E-state index in [-0.39, 0.29) is 12.3 Å². The number of aryl methyl sites for hydroxylation is 1. The monoisotopic (exact) mass is 371 g/mol. The van der Waals surface area contributed by atoms with E-state index in [2.05, 4.69) is 4.99 Å². The average Bonchev–Trinajstić information content (AvgIpc) is 2.96. The molecule has 9 heteroatoms. The lowest BCUT2D eigenvalue weighted by Crippen LogP contribution is -2.36. The number of thiazole rings is 1. The molecule has 132 valence electrons. The minimum atomic E-state index is -0.829. The molecule has 0 saturated carbocycles. The molecule has 0 saturated heterocycles. The minimum absolute atomic E-state index is 0.00982. The second-order valence-electron chi connectivity index (χ2n) is 5.67. The van der Waals surface area contributed by atoms with Gasteiger partial charge in [-0.3, -0.25) is 14.9 Å². The summed E-state index contributed by atoms with van der Waals surface area (Å²) in [6, 6.07) is 11.7. The molecule has 1 aliphatic rings. The SMILES string of the molecule is Cn1c(=NC(=O)C2COc3ccccc3O2)sc2ccc([N+](=O)[O-])cc21. The van der Waals surface area contributed by atoms with Crippen LogP contribution in [0.3, 0.4) is 0 Å². The van der Waals surface area contributed by atoms with Crippen molar-refractivity contribution in [3.63, 3.8) is 0 Å². The molecule has 1 amide bonds. The van der Waals surface area contributed by atoms with Gasteiger partial charge >= 0.3 is 0 Å². The lowest BCUT2D eigenvalue weighted by Gasteiger charge is -2.23. The van der Waals surface area contributed by atoms with Gasteiger partial charge in [0.05, 0.1) is 15.1 Å². The molecule has 0 aliphatic carbocycles. The van der Waals surface area contributed by atoms with Gasteiger partial charge in [-0.15, -0.1) is 0 Å². The highest BCUT2D eigenvalue weighted by Gasteiger charge is 2.27. The Hall–Kier alpha value is -3.20. The number of aromatic nitrogens is 1.